The highest BCUT2D eigenvalue weighted by molar-refractivity contribution is 6.26. The lowest BCUT2D eigenvalue weighted by molar-refractivity contribution is -0.135. The molecule has 4 aliphatic rings. The number of hydrogen-bond acceptors (Lipinski definition) is 6. The summed E-state index contributed by atoms with van der Waals surface area (Å²) in [6, 6.07) is 8.69. The van der Waals surface area contributed by atoms with E-state index in [1.54, 1.807) is 18.2 Å². The van der Waals surface area contributed by atoms with E-state index >= 15 is 0 Å². The van der Waals surface area contributed by atoms with E-state index in [2.05, 4.69) is 5.32 Å². The van der Waals surface area contributed by atoms with Crippen LogP contribution < -0.4 is 19.7 Å². The molecule has 0 aromatic heterocycles. The molecule has 2 aromatic carbocycles. The van der Waals surface area contributed by atoms with E-state index in [4.69, 9.17) is 9.47 Å². The molecule has 0 unspecified atom stereocenters. The Morgan fingerprint density at radius 3 is 2.58 bits per heavy atom. The summed E-state index contributed by atoms with van der Waals surface area (Å²) in [4.78, 5) is 44.3. The zero-order valence-corrected chi connectivity index (χ0v) is 18.1. The van der Waals surface area contributed by atoms with Crippen molar-refractivity contribution in [3.63, 3.8) is 0 Å². The van der Waals surface area contributed by atoms with Crippen molar-refractivity contribution < 1.29 is 28.2 Å². The number of methoxy groups -OCH3 is 2. The van der Waals surface area contributed by atoms with Gasteiger partial charge in [0.25, 0.3) is 0 Å². The van der Waals surface area contributed by atoms with Crippen LogP contribution >= 0.6 is 0 Å². The molecule has 2 aromatic rings. The van der Waals surface area contributed by atoms with Crippen LogP contribution in [-0.2, 0) is 19.9 Å². The zero-order chi connectivity index (χ0) is 23.1. The lowest BCUT2D eigenvalue weighted by Gasteiger charge is -2.36. The molecule has 170 valence electrons. The van der Waals surface area contributed by atoms with Gasteiger partial charge in [-0.2, -0.15) is 0 Å². The zero-order valence-electron chi connectivity index (χ0n) is 18.1. The number of imide groups is 1. The third-order valence-electron chi connectivity index (χ3n) is 7.58. The second kappa shape index (κ2) is 6.77. The van der Waals surface area contributed by atoms with Crippen molar-refractivity contribution >= 4 is 29.1 Å². The van der Waals surface area contributed by atoms with Crippen LogP contribution in [0.4, 0.5) is 15.8 Å². The number of amides is 3. The van der Waals surface area contributed by atoms with Crippen molar-refractivity contribution in [2.75, 3.05) is 31.0 Å². The number of rotatable bonds is 3. The minimum Gasteiger partial charge on any atom is -0.493 e. The summed E-state index contributed by atoms with van der Waals surface area (Å²) < 4.78 is 25.0. The Kier molecular flexibility index (Phi) is 4.14. The topological polar surface area (TPSA) is 88.2 Å². The predicted molar refractivity (Wildman–Crippen MR) is 115 cm³/mol. The fourth-order valence-electron chi connectivity index (χ4n) is 6.39. The van der Waals surface area contributed by atoms with Crippen LogP contribution in [0.3, 0.4) is 0 Å². The highest BCUT2D eigenvalue weighted by Gasteiger charge is 2.74. The van der Waals surface area contributed by atoms with Gasteiger partial charge in [-0.25, -0.2) is 9.29 Å². The first-order valence-corrected chi connectivity index (χ1v) is 10.9. The molecular formula is C24H22FN3O5. The average Bonchev–Trinajstić information content (AvgIpc) is 3.52. The SMILES string of the molecule is COc1ccc(N2C(=O)[C@@H]3[C@@H]4CCCN4[C@]4(C(=O)Nc5ccc(F)cc54)[C@H]3C2=O)cc1OC. The van der Waals surface area contributed by atoms with Gasteiger partial charge in [0.05, 0.1) is 31.7 Å². The molecule has 0 bridgehead atoms. The third-order valence-corrected chi connectivity index (χ3v) is 7.58. The Bertz CT molecular complexity index is 1230. The third kappa shape index (κ3) is 2.35. The van der Waals surface area contributed by atoms with E-state index in [1.165, 1.54) is 32.4 Å². The highest BCUT2D eigenvalue weighted by atomic mass is 19.1. The van der Waals surface area contributed by atoms with Gasteiger partial charge in [0.15, 0.2) is 11.5 Å². The summed E-state index contributed by atoms with van der Waals surface area (Å²) in [7, 11) is 2.98. The van der Waals surface area contributed by atoms with E-state index in [9.17, 15) is 18.8 Å². The fraction of sp³-hybridized carbons (Fsp3) is 0.375. The van der Waals surface area contributed by atoms with Crippen LogP contribution in [0.5, 0.6) is 11.5 Å². The first-order chi connectivity index (χ1) is 15.9. The van der Waals surface area contributed by atoms with E-state index in [0.717, 1.165) is 11.3 Å². The van der Waals surface area contributed by atoms with Gasteiger partial charge in [0.1, 0.15) is 11.4 Å². The molecule has 4 atom stereocenters. The summed E-state index contributed by atoms with van der Waals surface area (Å²) in [6.07, 6.45) is 1.49. The molecule has 3 fully saturated rings. The quantitative estimate of drug-likeness (QED) is 0.721. The van der Waals surface area contributed by atoms with E-state index < -0.39 is 29.1 Å². The number of fused-ring (bicyclic) bond motifs is 7. The van der Waals surface area contributed by atoms with Crippen LogP contribution in [0, 0.1) is 17.7 Å². The van der Waals surface area contributed by atoms with Gasteiger partial charge >= 0.3 is 0 Å². The van der Waals surface area contributed by atoms with Gasteiger partial charge in [-0.1, -0.05) is 0 Å². The van der Waals surface area contributed by atoms with Crippen LogP contribution in [0.2, 0.25) is 0 Å². The standard InChI is InChI=1S/C24H22FN3O5/c1-32-17-8-6-13(11-18(17)33-2)28-21(29)19-16-4-3-9-27(16)24(20(19)22(28)30)14-10-12(25)5-7-15(14)26-23(24)31/h5-8,10-11,16,19-20H,3-4,9H2,1-2H3,(H,26,31)/t16-,19+,20+,24-/m0/s1. The Morgan fingerprint density at radius 2 is 1.82 bits per heavy atom. The van der Waals surface area contributed by atoms with Gasteiger partial charge in [-0.15, -0.1) is 0 Å². The molecular weight excluding hydrogens is 429 g/mol. The Hall–Kier alpha value is -3.46. The highest BCUT2D eigenvalue weighted by Crippen LogP contribution is 2.60. The monoisotopic (exact) mass is 451 g/mol. The van der Waals surface area contributed by atoms with Crippen molar-refractivity contribution in [2.24, 2.45) is 11.8 Å². The number of nitrogens with one attached hydrogen (secondary N) is 1. The van der Waals surface area contributed by atoms with Crippen molar-refractivity contribution in [2.45, 2.75) is 24.4 Å². The Morgan fingerprint density at radius 1 is 1.03 bits per heavy atom. The van der Waals surface area contributed by atoms with Crippen LogP contribution in [0.1, 0.15) is 18.4 Å². The smallest absolute Gasteiger partial charge is 0.250 e. The largest absolute Gasteiger partial charge is 0.493 e. The van der Waals surface area contributed by atoms with Crippen LogP contribution in [-0.4, -0.2) is 49.4 Å². The van der Waals surface area contributed by atoms with Gasteiger partial charge in [0, 0.05) is 23.4 Å². The molecule has 9 heteroatoms. The molecule has 6 rings (SSSR count). The van der Waals surface area contributed by atoms with Crippen LogP contribution in [0.25, 0.3) is 0 Å². The molecule has 0 aliphatic carbocycles. The molecule has 3 saturated heterocycles. The van der Waals surface area contributed by atoms with E-state index in [0.29, 0.717) is 41.4 Å². The number of nitrogens with zero attached hydrogens (tertiary/aromatic N) is 2. The number of benzene rings is 2. The predicted octanol–water partition coefficient (Wildman–Crippen LogP) is 2.27. The number of anilines is 2. The Balaban J connectivity index is 1.52. The summed E-state index contributed by atoms with van der Waals surface area (Å²) in [6.45, 7) is 0.567. The van der Waals surface area contributed by atoms with Gasteiger partial charge in [-0.3, -0.25) is 19.3 Å². The fourth-order valence-corrected chi connectivity index (χ4v) is 6.39. The second-order valence-electron chi connectivity index (χ2n) is 8.87. The van der Waals surface area contributed by atoms with Crippen molar-refractivity contribution in [1.82, 2.24) is 4.90 Å². The molecule has 8 nitrogen and oxygen atoms in total. The molecule has 4 heterocycles. The maximum Gasteiger partial charge on any atom is 0.250 e. The molecule has 1 spiro atoms. The number of ether oxygens (including phenoxy) is 2. The molecule has 4 aliphatic heterocycles. The summed E-state index contributed by atoms with van der Waals surface area (Å²) in [5, 5.41) is 2.84. The second-order valence-corrected chi connectivity index (χ2v) is 8.87. The maximum atomic E-state index is 14.3. The van der Waals surface area contributed by atoms with Gasteiger partial charge in [-0.05, 0) is 49.7 Å². The van der Waals surface area contributed by atoms with Gasteiger partial charge < -0.3 is 14.8 Å². The summed E-state index contributed by atoms with van der Waals surface area (Å²) in [5.41, 5.74) is -0.129. The summed E-state index contributed by atoms with van der Waals surface area (Å²) in [5.74, 6) is -2.44. The van der Waals surface area contributed by atoms with E-state index in [1.807, 2.05) is 4.90 Å². The number of carbonyl (C=O) groups is 3. The van der Waals surface area contributed by atoms with Crippen molar-refractivity contribution in [3.8, 4) is 11.5 Å². The first kappa shape index (κ1) is 20.2. The lowest BCUT2D eigenvalue weighted by Crippen LogP contribution is -2.54. The minimum absolute atomic E-state index is 0.267. The van der Waals surface area contributed by atoms with E-state index in [-0.39, 0.29) is 17.9 Å². The van der Waals surface area contributed by atoms with Crippen molar-refractivity contribution in [3.05, 3.63) is 47.8 Å². The number of carbonyl (C=O) groups excluding carboxylic acids is 3. The van der Waals surface area contributed by atoms with Crippen LogP contribution in [0.15, 0.2) is 36.4 Å². The summed E-state index contributed by atoms with van der Waals surface area (Å²) >= 11 is 0. The minimum atomic E-state index is -1.40. The van der Waals surface area contributed by atoms with Gasteiger partial charge in [0.2, 0.25) is 17.7 Å². The number of hydrogen-bond donors (Lipinski definition) is 1. The number of halogens is 1. The molecule has 1 N–H and O–H groups in total. The molecule has 33 heavy (non-hydrogen) atoms. The Labute approximate surface area is 189 Å². The molecule has 3 amide bonds. The molecule has 0 radical (unpaired) electrons. The van der Waals surface area contributed by atoms with Crippen molar-refractivity contribution in [1.29, 1.82) is 0 Å². The first-order valence-electron chi connectivity index (χ1n) is 10.9. The maximum absolute atomic E-state index is 14.3. The average molecular weight is 451 g/mol. The molecule has 0 saturated carbocycles. The normalized spacial score (nSPS) is 30.0. The lowest BCUT2D eigenvalue weighted by atomic mass is 9.75.